The lowest BCUT2D eigenvalue weighted by molar-refractivity contribution is 0.348. The monoisotopic (exact) mass is 250 g/mol. The van der Waals surface area contributed by atoms with Crippen molar-refractivity contribution in [1.29, 1.82) is 0 Å². The second kappa shape index (κ2) is 4.89. The summed E-state index contributed by atoms with van der Waals surface area (Å²) in [5.41, 5.74) is 2.63. The van der Waals surface area contributed by atoms with E-state index in [-0.39, 0.29) is 5.38 Å². The molecule has 2 heteroatoms. The molecule has 3 rings (SSSR count). The molecule has 1 fully saturated rings. The second-order valence-electron chi connectivity index (χ2n) is 5.27. The number of ether oxygens (including phenoxy) is 1. The van der Waals surface area contributed by atoms with Crippen LogP contribution in [-0.2, 0) is 6.42 Å². The van der Waals surface area contributed by atoms with Gasteiger partial charge in [0.1, 0.15) is 5.75 Å². The fourth-order valence-electron chi connectivity index (χ4n) is 3.08. The number of hydrogen-bond acceptors (Lipinski definition) is 1. The molecule has 0 N–H and O–H groups in total. The molecule has 1 saturated carbocycles. The summed E-state index contributed by atoms with van der Waals surface area (Å²) in [6, 6.07) is 6.50. The first-order valence-corrected chi connectivity index (χ1v) is 7.18. The topological polar surface area (TPSA) is 9.23 Å². The van der Waals surface area contributed by atoms with E-state index < -0.39 is 0 Å². The summed E-state index contributed by atoms with van der Waals surface area (Å²) in [5.74, 6) is 1.73. The number of alkyl halides is 1. The molecule has 0 saturated heterocycles. The van der Waals surface area contributed by atoms with Gasteiger partial charge in [0.25, 0.3) is 0 Å². The van der Waals surface area contributed by atoms with Crippen molar-refractivity contribution in [3.05, 3.63) is 29.3 Å². The van der Waals surface area contributed by atoms with Gasteiger partial charge in [0, 0.05) is 6.42 Å². The molecule has 1 unspecified atom stereocenters. The molecule has 1 aliphatic carbocycles. The summed E-state index contributed by atoms with van der Waals surface area (Å²) >= 11 is 6.65. The molecule has 2 aliphatic rings. The van der Waals surface area contributed by atoms with E-state index in [1.807, 2.05) is 0 Å². The van der Waals surface area contributed by atoms with Crippen molar-refractivity contribution in [2.45, 2.75) is 43.9 Å². The smallest absolute Gasteiger partial charge is 0.122 e. The fourth-order valence-corrected chi connectivity index (χ4v) is 3.46. The van der Waals surface area contributed by atoms with E-state index in [1.54, 1.807) is 0 Å². The Labute approximate surface area is 108 Å². The third-order valence-electron chi connectivity index (χ3n) is 4.10. The molecule has 1 aromatic carbocycles. The first kappa shape index (κ1) is 11.4. The highest BCUT2D eigenvalue weighted by Crippen LogP contribution is 2.40. The van der Waals surface area contributed by atoms with Crippen molar-refractivity contribution in [1.82, 2.24) is 0 Å². The highest BCUT2D eigenvalue weighted by Gasteiger charge is 2.24. The minimum atomic E-state index is 0.196. The van der Waals surface area contributed by atoms with Crippen LogP contribution < -0.4 is 4.74 Å². The third kappa shape index (κ3) is 2.30. The SMILES string of the molecule is ClC(c1ccc2c(c1)CCO2)C1CCCCC1. The van der Waals surface area contributed by atoms with Crippen molar-refractivity contribution < 1.29 is 4.74 Å². The maximum atomic E-state index is 6.65. The Morgan fingerprint density at radius 2 is 2.00 bits per heavy atom. The maximum Gasteiger partial charge on any atom is 0.122 e. The van der Waals surface area contributed by atoms with Gasteiger partial charge in [-0.05, 0) is 36.0 Å². The van der Waals surface area contributed by atoms with Crippen molar-refractivity contribution in [2.75, 3.05) is 6.61 Å². The highest BCUT2D eigenvalue weighted by molar-refractivity contribution is 6.21. The Morgan fingerprint density at radius 1 is 1.18 bits per heavy atom. The van der Waals surface area contributed by atoms with Gasteiger partial charge in [0.15, 0.2) is 0 Å². The van der Waals surface area contributed by atoms with Crippen LogP contribution in [0.3, 0.4) is 0 Å². The summed E-state index contributed by atoms with van der Waals surface area (Å²) in [5, 5.41) is 0.196. The standard InChI is InChI=1S/C15H19ClO/c16-15(11-4-2-1-3-5-11)13-6-7-14-12(10-13)8-9-17-14/h6-7,10-11,15H,1-5,8-9H2. The Kier molecular flexibility index (Phi) is 3.28. The summed E-state index contributed by atoms with van der Waals surface area (Å²) < 4.78 is 5.54. The number of benzene rings is 1. The number of rotatable bonds is 2. The van der Waals surface area contributed by atoms with Crippen molar-refractivity contribution in [3.8, 4) is 5.75 Å². The zero-order valence-electron chi connectivity index (χ0n) is 10.1. The van der Waals surface area contributed by atoms with Gasteiger partial charge in [-0.1, -0.05) is 31.4 Å². The van der Waals surface area contributed by atoms with E-state index >= 15 is 0 Å². The van der Waals surface area contributed by atoms with Crippen molar-refractivity contribution in [2.24, 2.45) is 5.92 Å². The lowest BCUT2D eigenvalue weighted by Gasteiger charge is -2.26. The van der Waals surface area contributed by atoms with Crippen LogP contribution in [0.5, 0.6) is 5.75 Å². The highest BCUT2D eigenvalue weighted by atomic mass is 35.5. The Balaban J connectivity index is 1.78. The quantitative estimate of drug-likeness (QED) is 0.703. The summed E-state index contributed by atoms with van der Waals surface area (Å²) in [6.45, 7) is 0.829. The molecule has 0 amide bonds. The Bertz CT molecular complexity index is 396. The zero-order chi connectivity index (χ0) is 11.7. The molecule has 0 spiro atoms. The molecule has 0 radical (unpaired) electrons. The van der Waals surface area contributed by atoms with Crippen LogP contribution in [0, 0.1) is 5.92 Å². The molecule has 0 bridgehead atoms. The van der Waals surface area contributed by atoms with Gasteiger partial charge >= 0.3 is 0 Å². The summed E-state index contributed by atoms with van der Waals surface area (Å²) in [6.07, 6.45) is 7.71. The van der Waals surface area contributed by atoms with Crippen LogP contribution in [0.25, 0.3) is 0 Å². The molecule has 1 aliphatic heterocycles. The van der Waals surface area contributed by atoms with E-state index in [4.69, 9.17) is 16.3 Å². The predicted octanol–water partition coefficient (Wildman–Crippen LogP) is 4.48. The minimum absolute atomic E-state index is 0.196. The largest absolute Gasteiger partial charge is 0.493 e. The lowest BCUT2D eigenvalue weighted by Crippen LogP contribution is -2.12. The fraction of sp³-hybridized carbons (Fsp3) is 0.600. The Hall–Kier alpha value is -0.690. The summed E-state index contributed by atoms with van der Waals surface area (Å²) in [4.78, 5) is 0. The van der Waals surface area contributed by atoms with E-state index in [0.29, 0.717) is 5.92 Å². The minimum Gasteiger partial charge on any atom is -0.493 e. The average molecular weight is 251 g/mol. The van der Waals surface area contributed by atoms with Gasteiger partial charge in [-0.2, -0.15) is 0 Å². The molecule has 1 nitrogen and oxygen atoms in total. The van der Waals surface area contributed by atoms with Crippen LogP contribution in [0.1, 0.15) is 48.6 Å². The normalized spacial score (nSPS) is 21.9. The van der Waals surface area contributed by atoms with Crippen LogP contribution in [-0.4, -0.2) is 6.61 Å². The molecule has 17 heavy (non-hydrogen) atoms. The molecule has 1 heterocycles. The zero-order valence-corrected chi connectivity index (χ0v) is 10.9. The maximum absolute atomic E-state index is 6.65. The van der Waals surface area contributed by atoms with E-state index in [0.717, 1.165) is 18.8 Å². The van der Waals surface area contributed by atoms with Gasteiger partial charge < -0.3 is 4.74 Å². The average Bonchev–Trinajstić information content (AvgIpc) is 2.86. The molecule has 0 aromatic heterocycles. The van der Waals surface area contributed by atoms with Gasteiger partial charge in [-0.15, -0.1) is 11.6 Å². The first-order valence-electron chi connectivity index (χ1n) is 6.74. The number of fused-ring (bicyclic) bond motifs is 1. The molecule has 92 valence electrons. The van der Waals surface area contributed by atoms with E-state index in [2.05, 4.69) is 18.2 Å². The van der Waals surface area contributed by atoms with Crippen molar-refractivity contribution in [3.63, 3.8) is 0 Å². The number of hydrogen-bond donors (Lipinski definition) is 0. The van der Waals surface area contributed by atoms with Crippen LogP contribution >= 0.6 is 11.6 Å². The van der Waals surface area contributed by atoms with Gasteiger partial charge in [-0.3, -0.25) is 0 Å². The third-order valence-corrected chi connectivity index (χ3v) is 4.70. The Morgan fingerprint density at radius 3 is 2.82 bits per heavy atom. The summed E-state index contributed by atoms with van der Waals surface area (Å²) in [7, 11) is 0. The predicted molar refractivity (Wildman–Crippen MR) is 70.8 cm³/mol. The molecular formula is C15H19ClO. The van der Waals surface area contributed by atoms with E-state index in [9.17, 15) is 0 Å². The van der Waals surface area contributed by atoms with Gasteiger partial charge in [0.2, 0.25) is 0 Å². The van der Waals surface area contributed by atoms with Gasteiger partial charge in [0.05, 0.1) is 12.0 Å². The van der Waals surface area contributed by atoms with Gasteiger partial charge in [-0.25, -0.2) is 0 Å². The van der Waals surface area contributed by atoms with Crippen LogP contribution in [0.2, 0.25) is 0 Å². The van der Waals surface area contributed by atoms with E-state index in [1.165, 1.54) is 43.2 Å². The molecule has 1 atom stereocenters. The van der Waals surface area contributed by atoms with Crippen LogP contribution in [0.15, 0.2) is 18.2 Å². The van der Waals surface area contributed by atoms with Crippen molar-refractivity contribution >= 4 is 11.6 Å². The second-order valence-corrected chi connectivity index (χ2v) is 5.74. The molecular weight excluding hydrogens is 232 g/mol. The molecule has 1 aromatic rings. The van der Waals surface area contributed by atoms with Crippen LogP contribution in [0.4, 0.5) is 0 Å². The first-order chi connectivity index (χ1) is 8.34. The lowest BCUT2D eigenvalue weighted by atomic mass is 9.84. The number of halogens is 1.